The number of rotatable bonds is 4. The standard InChI is InChI=1S/C16H20N2O4S2/c1-3-22-16(19)15-9-12-8-13(4-5-14(12)23-15)24(20,21)18-7-6-17-10-11(18)2/h4-5,8-9,11,17H,3,6-7,10H2,1-2H3/t11-/m0/s1. The highest BCUT2D eigenvalue weighted by Gasteiger charge is 2.31. The van der Waals surface area contributed by atoms with Crippen LogP contribution in [0.5, 0.6) is 0 Å². The van der Waals surface area contributed by atoms with E-state index in [1.807, 2.05) is 6.92 Å². The highest BCUT2D eigenvalue weighted by atomic mass is 32.2. The van der Waals surface area contributed by atoms with Crippen LogP contribution in [0.4, 0.5) is 0 Å². The molecule has 1 aliphatic rings. The van der Waals surface area contributed by atoms with Gasteiger partial charge in [-0.15, -0.1) is 11.3 Å². The average Bonchev–Trinajstić information content (AvgIpc) is 2.98. The van der Waals surface area contributed by atoms with Gasteiger partial charge in [-0.05, 0) is 43.5 Å². The van der Waals surface area contributed by atoms with Crippen molar-refractivity contribution in [3.8, 4) is 0 Å². The van der Waals surface area contributed by atoms with Crippen molar-refractivity contribution in [3.63, 3.8) is 0 Å². The van der Waals surface area contributed by atoms with Crippen molar-refractivity contribution in [1.82, 2.24) is 9.62 Å². The number of piperazine rings is 1. The number of carbonyl (C=O) groups is 1. The minimum Gasteiger partial charge on any atom is -0.462 e. The minimum atomic E-state index is -3.54. The Hall–Kier alpha value is -1.48. The lowest BCUT2D eigenvalue weighted by molar-refractivity contribution is 0.0532. The second kappa shape index (κ2) is 6.79. The molecule has 0 bridgehead atoms. The number of ether oxygens (including phenoxy) is 1. The highest BCUT2D eigenvalue weighted by Crippen LogP contribution is 2.30. The molecule has 1 fully saturated rings. The first-order valence-corrected chi connectivity index (χ1v) is 10.1. The number of benzene rings is 1. The Morgan fingerprint density at radius 3 is 2.92 bits per heavy atom. The smallest absolute Gasteiger partial charge is 0.348 e. The van der Waals surface area contributed by atoms with Crippen molar-refractivity contribution in [2.24, 2.45) is 0 Å². The monoisotopic (exact) mass is 368 g/mol. The third-order valence-corrected chi connectivity index (χ3v) is 7.12. The average molecular weight is 368 g/mol. The summed E-state index contributed by atoms with van der Waals surface area (Å²) in [6, 6.07) is 6.61. The van der Waals surface area contributed by atoms with E-state index in [4.69, 9.17) is 4.74 Å². The summed E-state index contributed by atoms with van der Waals surface area (Å²) in [7, 11) is -3.54. The van der Waals surface area contributed by atoms with E-state index < -0.39 is 10.0 Å². The van der Waals surface area contributed by atoms with E-state index in [-0.39, 0.29) is 16.9 Å². The van der Waals surface area contributed by atoms with Crippen molar-refractivity contribution >= 4 is 37.4 Å². The molecule has 8 heteroatoms. The van der Waals surface area contributed by atoms with E-state index in [1.165, 1.54) is 15.6 Å². The molecule has 0 unspecified atom stereocenters. The van der Waals surface area contributed by atoms with E-state index in [0.717, 1.165) is 10.1 Å². The van der Waals surface area contributed by atoms with Gasteiger partial charge in [-0.3, -0.25) is 0 Å². The first-order chi connectivity index (χ1) is 11.4. The molecule has 0 aliphatic carbocycles. The maximum atomic E-state index is 12.9. The number of thiophene rings is 1. The molecule has 1 aliphatic heterocycles. The molecule has 1 N–H and O–H groups in total. The molecule has 1 saturated heterocycles. The molecular formula is C16H20N2O4S2. The molecule has 0 spiro atoms. The van der Waals surface area contributed by atoms with Crippen molar-refractivity contribution in [1.29, 1.82) is 0 Å². The highest BCUT2D eigenvalue weighted by molar-refractivity contribution is 7.89. The van der Waals surface area contributed by atoms with Crippen LogP contribution >= 0.6 is 11.3 Å². The zero-order valence-electron chi connectivity index (χ0n) is 13.6. The number of sulfonamides is 1. The summed E-state index contributed by atoms with van der Waals surface area (Å²) in [5, 5.41) is 3.93. The van der Waals surface area contributed by atoms with Crippen LogP contribution in [0.2, 0.25) is 0 Å². The molecule has 130 valence electrons. The lowest BCUT2D eigenvalue weighted by atomic mass is 10.2. The number of carbonyl (C=O) groups excluding carboxylic acids is 1. The van der Waals surface area contributed by atoms with Gasteiger partial charge in [0, 0.05) is 30.4 Å². The third kappa shape index (κ3) is 3.19. The molecule has 0 radical (unpaired) electrons. The van der Waals surface area contributed by atoms with E-state index >= 15 is 0 Å². The summed E-state index contributed by atoms with van der Waals surface area (Å²) >= 11 is 1.31. The fourth-order valence-electron chi connectivity index (χ4n) is 2.80. The Kier molecular flexibility index (Phi) is 4.91. The zero-order chi connectivity index (χ0) is 17.3. The van der Waals surface area contributed by atoms with Gasteiger partial charge in [0.1, 0.15) is 4.88 Å². The summed E-state index contributed by atoms with van der Waals surface area (Å²) in [5.74, 6) is -0.376. The fraction of sp³-hybridized carbons (Fsp3) is 0.438. The number of hydrogen-bond acceptors (Lipinski definition) is 6. The van der Waals surface area contributed by atoms with E-state index in [0.29, 0.717) is 31.1 Å². The Labute approximate surface area is 145 Å². The zero-order valence-corrected chi connectivity index (χ0v) is 15.2. The predicted molar refractivity (Wildman–Crippen MR) is 94.0 cm³/mol. The van der Waals surface area contributed by atoms with Crippen LogP contribution in [0.15, 0.2) is 29.2 Å². The number of nitrogens with zero attached hydrogens (tertiary/aromatic N) is 1. The minimum absolute atomic E-state index is 0.0861. The van der Waals surface area contributed by atoms with Crippen LogP contribution in [0.25, 0.3) is 10.1 Å². The molecule has 1 aromatic carbocycles. The van der Waals surface area contributed by atoms with Gasteiger partial charge >= 0.3 is 5.97 Å². The molecule has 1 atom stereocenters. The van der Waals surface area contributed by atoms with Gasteiger partial charge in [-0.25, -0.2) is 13.2 Å². The van der Waals surface area contributed by atoms with Gasteiger partial charge in [-0.1, -0.05) is 0 Å². The predicted octanol–water partition coefficient (Wildman–Crippen LogP) is 2.06. The van der Waals surface area contributed by atoms with Gasteiger partial charge in [0.15, 0.2) is 0 Å². The summed E-state index contributed by atoms with van der Waals surface area (Å²) in [5.41, 5.74) is 0. The van der Waals surface area contributed by atoms with Gasteiger partial charge < -0.3 is 10.1 Å². The van der Waals surface area contributed by atoms with Gasteiger partial charge in [-0.2, -0.15) is 4.31 Å². The fourth-order valence-corrected chi connectivity index (χ4v) is 5.40. The van der Waals surface area contributed by atoms with E-state index in [1.54, 1.807) is 31.2 Å². The molecule has 6 nitrogen and oxygen atoms in total. The Bertz CT molecular complexity index is 860. The van der Waals surface area contributed by atoms with E-state index in [9.17, 15) is 13.2 Å². The van der Waals surface area contributed by atoms with E-state index in [2.05, 4.69) is 5.32 Å². The number of esters is 1. The quantitative estimate of drug-likeness (QED) is 0.836. The molecule has 24 heavy (non-hydrogen) atoms. The normalized spacial score (nSPS) is 19.5. The van der Waals surface area contributed by atoms with Crippen LogP contribution in [0.1, 0.15) is 23.5 Å². The summed E-state index contributed by atoms with van der Waals surface area (Å²) in [4.78, 5) is 12.6. The first-order valence-electron chi connectivity index (χ1n) is 7.86. The number of fused-ring (bicyclic) bond motifs is 1. The Balaban J connectivity index is 1.96. The first kappa shape index (κ1) is 17.3. The van der Waals surface area contributed by atoms with Crippen molar-refractivity contribution in [2.45, 2.75) is 24.8 Å². The maximum absolute atomic E-state index is 12.9. The molecule has 2 aromatic rings. The van der Waals surface area contributed by atoms with Crippen LogP contribution in [-0.4, -0.2) is 51.0 Å². The topological polar surface area (TPSA) is 75.7 Å². The van der Waals surface area contributed by atoms with Gasteiger partial charge in [0.05, 0.1) is 11.5 Å². The summed E-state index contributed by atoms with van der Waals surface area (Å²) in [6.07, 6.45) is 0. The second-order valence-electron chi connectivity index (χ2n) is 5.70. The van der Waals surface area contributed by atoms with Crippen LogP contribution in [0.3, 0.4) is 0 Å². The maximum Gasteiger partial charge on any atom is 0.348 e. The van der Waals surface area contributed by atoms with Crippen molar-refractivity contribution < 1.29 is 17.9 Å². The van der Waals surface area contributed by atoms with Crippen molar-refractivity contribution in [3.05, 3.63) is 29.1 Å². The lowest BCUT2D eigenvalue weighted by Crippen LogP contribution is -2.52. The SMILES string of the molecule is CCOC(=O)c1cc2cc(S(=O)(=O)N3CCNC[C@@H]3C)ccc2s1. The largest absolute Gasteiger partial charge is 0.462 e. The Morgan fingerprint density at radius 2 is 2.21 bits per heavy atom. The molecular weight excluding hydrogens is 348 g/mol. The van der Waals surface area contributed by atoms with Gasteiger partial charge in [0.2, 0.25) is 10.0 Å². The molecule has 0 amide bonds. The molecule has 2 heterocycles. The molecule has 1 aromatic heterocycles. The second-order valence-corrected chi connectivity index (χ2v) is 8.67. The lowest BCUT2D eigenvalue weighted by Gasteiger charge is -2.32. The summed E-state index contributed by atoms with van der Waals surface area (Å²) < 4.78 is 33.2. The summed E-state index contributed by atoms with van der Waals surface area (Å²) in [6.45, 7) is 5.72. The molecule has 3 rings (SSSR count). The number of hydrogen-bond donors (Lipinski definition) is 1. The van der Waals surface area contributed by atoms with Gasteiger partial charge in [0.25, 0.3) is 0 Å². The van der Waals surface area contributed by atoms with Crippen molar-refractivity contribution in [2.75, 3.05) is 26.2 Å². The van der Waals surface area contributed by atoms with Crippen LogP contribution < -0.4 is 5.32 Å². The third-order valence-electron chi connectivity index (χ3n) is 4.01. The number of nitrogens with one attached hydrogen (secondary N) is 1. The van der Waals surface area contributed by atoms with Crippen LogP contribution in [0, 0.1) is 0 Å². The molecule has 0 saturated carbocycles. The van der Waals surface area contributed by atoms with Crippen LogP contribution in [-0.2, 0) is 14.8 Å². The Morgan fingerprint density at radius 1 is 1.42 bits per heavy atom.